The van der Waals surface area contributed by atoms with Crippen molar-refractivity contribution in [1.82, 2.24) is 4.98 Å². The number of nitrogens with zero attached hydrogens (tertiary/aromatic N) is 1. The molecular weight excluding hydrogens is 314 g/mol. The van der Waals surface area contributed by atoms with Crippen LogP contribution in [-0.4, -0.2) is 10.1 Å². The van der Waals surface area contributed by atoms with Crippen LogP contribution < -0.4 is 0 Å². The second kappa shape index (κ2) is 5.30. The molecule has 1 aromatic heterocycles. The minimum atomic E-state index is -0.788. The van der Waals surface area contributed by atoms with Gasteiger partial charge >= 0.3 is 0 Å². The number of aliphatic hydroxyl groups is 1. The van der Waals surface area contributed by atoms with E-state index in [-0.39, 0.29) is 0 Å². The summed E-state index contributed by atoms with van der Waals surface area (Å²) in [5.74, 6) is 0.518. The van der Waals surface area contributed by atoms with Gasteiger partial charge in [0.2, 0.25) is 0 Å². The topological polar surface area (TPSA) is 33.1 Å². The van der Waals surface area contributed by atoms with Crippen molar-refractivity contribution in [2.45, 2.75) is 37.7 Å². The first-order valence-corrected chi connectivity index (χ1v) is 7.80. The van der Waals surface area contributed by atoms with Gasteiger partial charge < -0.3 is 5.11 Å². The Morgan fingerprint density at radius 2 is 2.10 bits per heavy atom. The molecule has 2 nitrogen and oxygen atoms in total. The Kier molecular flexibility index (Phi) is 3.65. The van der Waals surface area contributed by atoms with Crippen LogP contribution in [0.5, 0.6) is 0 Å². The molecule has 2 atom stereocenters. The lowest BCUT2D eigenvalue weighted by Gasteiger charge is -2.37. The molecule has 20 heavy (non-hydrogen) atoms. The van der Waals surface area contributed by atoms with E-state index in [4.69, 9.17) is 0 Å². The van der Waals surface area contributed by atoms with Gasteiger partial charge in [-0.3, -0.25) is 4.98 Å². The quantitative estimate of drug-likeness (QED) is 0.895. The predicted molar refractivity (Wildman–Crippen MR) is 83.6 cm³/mol. The lowest BCUT2D eigenvalue weighted by atomic mass is 9.72. The molecular formula is C17H18BrNO. The molecule has 0 spiro atoms. The van der Waals surface area contributed by atoms with E-state index in [9.17, 15) is 5.11 Å². The zero-order valence-electron chi connectivity index (χ0n) is 11.5. The summed E-state index contributed by atoms with van der Waals surface area (Å²) in [4.78, 5) is 4.40. The van der Waals surface area contributed by atoms with Crippen molar-refractivity contribution >= 4 is 15.9 Å². The van der Waals surface area contributed by atoms with E-state index in [1.165, 1.54) is 5.56 Å². The van der Waals surface area contributed by atoms with Crippen molar-refractivity contribution in [3.05, 3.63) is 63.9 Å². The molecule has 3 heteroatoms. The van der Waals surface area contributed by atoms with Crippen molar-refractivity contribution in [1.29, 1.82) is 0 Å². The fourth-order valence-corrected chi connectivity index (χ4v) is 3.32. The number of fused-ring (bicyclic) bond motifs is 1. The van der Waals surface area contributed by atoms with Gasteiger partial charge in [0.1, 0.15) is 0 Å². The molecule has 3 rings (SSSR count). The van der Waals surface area contributed by atoms with Crippen molar-refractivity contribution in [3.8, 4) is 0 Å². The molecule has 0 saturated heterocycles. The third-order valence-electron chi connectivity index (χ3n) is 4.25. The number of aromatic nitrogens is 1. The van der Waals surface area contributed by atoms with Crippen LogP contribution in [0, 0.1) is 0 Å². The molecule has 1 aliphatic rings. The van der Waals surface area contributed by atoms with Crippen LogP contribution >= 0.6 is 15.9 Å². The van der Waals surface area contributed by atoms with Gasteiger partial charge in [0.05, 0.1) is 5.60 Å². The summed E-state index contributed by atoms with van der Waals surface area (Å²) in [6.45, 7) is 2.23. The molecule has 0 bridgehead atoms. The lowest BCUT2D eigenvalue weighted by molar-refractivity contribution is 0.0150. The van der Waals surface area contributed by atoms with Crippen LogP contribution in [0.2, 0.25) is 0 Å². The maximum absolute atomic E-state index is 11.1. The Labute approximate surface area is 128 Å². The van der Waals surface area contributed by atoms with Crippen molar-refractivity contribution in [3.63, 3.8) is 0 Å². The maximum atomic E-state index is 11.1. The average molecular weight is 332 g/mol. The molecule has 2 unspecified atom stereocenters. The standard InChI is InChI=1S/C17H18BrNO/c1-12-8-9-17(20,16-5-3-2-4-15(12)16)10-14-7-6-13(18)11-19-14/h2-7,11-12,20H,8-10H2,1H3. The summed E-state index contributed by atoms with van der Waals surface area (Å²) in [6, 6.07) is 12.2. The number of benzene rings is 1. The first kappa shape index (κ1) is 13.8. The molecule has 0 amide bonds. The number of pyridine rings is 1. The highest BCUT2D eigenvalue weighted by Gasteiger charge is 2.36. The molecule has 104 valence electrons. The van der Waals surface area contributed by atoms with Gasteiger partial charge in [0.25, 0.3) is 0 Å². The van der Waals surface area contributed by atoms with Gasteiger partial charge in [-0.25, -0.2) is 0 Å². The van der Waals surface area contributed by atoms with Crippen molar-refractivity contribution in [2.24, 2.45) is 0 Å². The zero-order valence-corrected chi connectivity index (χ0v) is 13.1. The van der Waals surface area contributed by atoms with Crippen molar-refractivity contribution in [2.75, 3.05) is 0 Å². The molecule has 0 radical (unpaired) electrons. The Hall–Kier alpha value is -1.19. The fraction of sp³-hybridized carbons (Fsp3) is 0.353. The molecule has 0 saturated carbocycles. The van der Waals surface area contributed by atoms with E-state index in [0.717, 1.165) is 28.6 Å². The predicted octanol–water partition coefficient (Wildman–Crippen LogP) is 4.17. The minimum Gasteiger partial charge on any atom is -0.385 e. The van der Waals surface area contributed by atoms with Crippen LogP contribution in [-0.2, 0) is 12.0 Å². The smallest absolute Gasteiger partial charge is 0.0954 e. The molecule has 1 aliphatic carbocycles. The Morgan fingerprint density at radius 3 is 2.85 bits per heavy atom. The lowest BCUT2D eigenvalue weighted by Crippen LogP contribution is -2.34. The largest absolute Gasteiger partial charge is 0.385 e. The summed E-state index contributed by atoms with van der Waals surface area (Å²) in [7, 11) is 0. The minimum absolute atomic E-state index is 0.518. The Morgan fingerprint density at radius 1 is 1.30 bits per heavy atom. The molecule has 1 heterocycles. The third kappa shape index (κ3) is 2.52. The van der Waals surface area contributed by atoms with E-state index in [1.807, 2.05) is 18.2 Å². The zero-order chi connectivity index (χ0) is 14.2. The highest BCUT2D eigenvalue weighted by atomic mass is 79.9. The van der Waals surface area contributed by atoms with Crippen molar-refractivity contribution < 1.29 is 5.11 Å². The fourth-order valence-electron chi connectivity index (χ4n) is 3.09. The SMILES string of the molecule is CC1CCC(O)(Cc2ccc(Br)cn2)c2ccccc21. The monoisotopic (exact) mass is 331 g/mol. The normalized spacial score (nSPS) is 25.2. The molecule has 0 fully saturated rings. The molecule has 1 N–H and O–H groups in total. The Balaban J connectivity index is 1.96. The van der Waals surface area contributed by atoms with E-state index >= 15 is 0 Å². The van der Waals surface area contributed by atoms with E-state index < -0.39 is 5.60 Å². The van der Waals surface area contributed by atoms with Crippen LogP contribution in [0.4, 0.5) is 0 Å². The van der Waals surface area contributed by atoms with Gasteiger partial charge in [-0.05, 0) is 57.9 Å². The Bertz CT molecular complexity index is 611. The van der Waals surface area contributed by atoms with Gasteiger partial charge in [-0.15, -0.1) is 0 Å². The van der Waals surface area contributed by atoms with Crippen LogP contribution in [0.3, 0.4) is 0 Å². The van der Waals surface area contributed by atoms with Gasteiger partial charge in [-0.2, -0.15) is 0 Å². The highest BCUT2D eigenvalue weighted by molar-refractivity contribution is 9.10. The summed E-state index contributed by atoms with van der Waals surface area (Å²) < 4.78 is 0.964. The highest BCUT2D eigenvalue weighted by Crippen LogP contribution is 2.42. The molecule has 1 aromatic carbocycles. The average Bonchev–Trinajstić information content (AvgIpc) is 2.46. The number of hydrogen-bond acceptors (Lipinski definition) is 2. The summed E-state index contributed by atoms with van der Waals surface area (Å²) in [5.41, 5.74) is 2.49. The first-order valence-electron chi connectivity index (χ1n) is 7.01. The third-order valence-corrected chi connectivity index (χ3v) is 4.72. The first-order chi connectivity index (χ1) is 9.58. The van der Waals surface area contributed by atoms with E-state index in [0.29, 0.717) is 12.3 Å². The number of rotatable bonds is 2. The summed E-state index contributed by atoms with van der Waals surface area (Å²) in [6.07, 6.45) is 4.17. The van der Waals surface area contributed by atoms with Crippen LogP contribution in [0.25, 0.3) is 0 Å². The number of hydrogen-bond donors (Lipinski definition) is 1. The molecule has 2 aromatic rings. The van der Waals surface area contributed by atoms with Gasteiger partial charge in [0.15, 0.2) is 0 Å². The summed E-state index contributed by atoms with van der Waals surface area (Å²) >= 11 is 3.39. The van der Waals surface area contributed by atoms with E-state index in [2.05, 4.69) is 46.0 Å². The number of halogens is 1. The van der Waals surface area contributed by atoms with Gasteiger partial charge in [0, 0.05) is 22.8 Å². The van der Waals surface area contributed by atoms with Crippen LogP contribution in [0.1, 0.15) is 42.5 Å². The van der Waals surface area contributed by atoms with Crippen LogP contribution in [0.15, 0.2) is 47.1 Å². The second-order valence-corrected chi connectivity index (χ2v) is 6.62. The molecule has 0 aliphatic heterocycles. The van der Waals surface area contributed by atoms with E-state index in [1.54, 1.807) is 6.20 Å². The maximum Gasteiger partial charge on any atom is 0.0954 e. The summed E-state index contributed by atoms with van der Waals surface area (Å²) in [5, 5.41) is 11.1. The second-order valence-electron chi connectivity index (χ2n) is 5.70. The van der Waals surface area contributed by atoms with Gasteiger partial charge in [-0.1, -0.05) is 31.2 Å².